The van der Waals surface area contributed by atoms with Crippen molar-refractivity contribution in [2.45, 2.75) is 19.4 Å². The summed E-state index contributed by atoms with van der Waals surface area (Å²) in [5.74, 6) is 0.831. The van der Waals surface area contributed by atoms with Gasteiger partial charge in [0.2, 0.25) is 0 Å². The fourth-order valence-corrected chi connectivity index (χ4v) is 2.63. The van der Waals surface area contributed by atoms with Crippen molar-refractivity contribution >= 4 is 11.3 Å². The highest BCUT2D eigenvalue weighted by molar-refractivity contribution is 7.10. The van der Waals surface area contributed by atoms with E-state index in [9.17, 15) is 0 Å². The molecule has 1 fully saturated rings. The zero-order chi connectivity index (χ0) is 9.80. The molecule has 0 radical (unpaired) electrons. The van der Waals surface area contributed by atoms with Crippen LogP contribution < -0.4 is 10.6 Å². The lowest BCUT2D eigenvalue weighted by atomic mass is 10.1. The molecule has 1 aliphatic heterocycles. The van der Waals surface area contributed by atoms with Gasteiger partial charge < -0.3 is 10.6 Å². The summed E-state index contributed by atoms with van der Waals surface area (Å²) in [6.07, 6.45) is 1.32. The maximum absolute atomic E-state index is 3.60. The summed E-state index contributed by atoms with van der Waals surface area (Å²) in [5, 5.41) is 9.13. The lowest BCUT2D eigenvalue weighted by molar-refractivity contribution is 0.473. The van der Waals surface area contributed by atoms with Gasteiger partial charge in [-0.1, -0.05) is 6.07 Å². The molecule has 1 aromatic heterocycles. The Bertz CT molecular complexity index is 252. The Morgan fingerprint density at radius 3 is 3.29 bits per heavy atom. The summed E-state index contributed by atoms with van der Waals surface area (Å²) in [6, 6.07) is 4.83. The van der Waals surface area contributed by atoms with Crippen molar-refractivity contribution in [3.63, 3.8) is 0 Å². The minimum Gasteiger partial charge on any atom is -0.316 e. The van der Waals surface area contributed by atoms with Crippen LogP contribution in [0.5, 0.6) is 0 Å². The van der Waals surface area contributed by atoms with Crippen molar-refractivity contribution in [3.05, 3.63) is 22.4 Å². The molecule has 2 nitrogen and oxygen atoms in total. The highest BCUT2D eigenvalue weighted by atomic mass is 32.1. The van der Waals surface area contributed by atoms with Gasteiger partial charge in [0.15, 0.2) is 0 Å². The average Bonchev–Trinajstić information content (AvgIpc) is 2.87. The van der Waals surface area contributed by atoms with Crippen LogP contribution in [0.4, 0.5) is 0 Å². The maximum Gasteiger partial charge on any atom is 0.0386 e. The molecule has 1 aliphatic rings. The van der Waals surface area contributed by atoms with Gasteiger partial charge in [0, 0.05) is 10.9 Å². The third-order valence-corrected chi connectivity index (χ3v) is 3.90. The van der Waals surface area contributed by atoms with E-state index in [4.69, 9.17) is 0 Å². The standard InChI is InChI=1S/C11H18N2S/c1-9(11-3-2-6-14-11)13-8-10-4-5-12-7-10/h2-3,6,9-10,12-13H,4-5,7-8H2,1H3/t9-,10-/m0/s1. The highest BCUT2D eigenvalue weighted by Gasteiger charge is 2.15. The number of thiophene rings is 1. The topological polar surface area (TPSA) is 24.1 Å². The molecule has 3 heteroatoms. The molecular formula is C11H18N2S. The van der Waals surface area contributed by atoms with Crippen LogP contribution in [0, 0.1) is 5.92 Å². The zero-order valence-electron chi connectivity index (χ0n) is 8.62. The first-order valence-electron chi connectivity index (χ1n) is 5.34. The molecule has 0 bridgehead atoms. The van der Waals surface area contributed by atoms with Gasteiger partial charge in [-0.25, -0.2) is 0 Å². The first-order chi connectivity index (χ1) is 6.86. The molecule has 2 rings (SSSR count). The van der Waals surface area contributed by atoms with Crippen LogP contribution in [0.1, 0.15) is 24.3 Å². The molecule has 1 saturated heterocycles. The second-order valence-electron chi connectivity index (χ2n) is 4.00. The van der Waals surface area contributed by atoms with E-state index in [0.29, 0.717) is 6.04 Å². The van der Waals surface area contributed by atoms with E-state index >= 15 is 0 Å². The Kier molecular flexibility index (Phi) is 3.56. The zero-order valence-corrected chi connectivity index (χ0v) is 9.44. The van der Waals surface area contributed by atoms with Crippen LogP contribution in [-0.4, -0.2) is 19.6 Å². The Labute approximate surface area is 89.7 Å². The monoisotopic (exact) mass is 210 g/mol. The summed E-state index contributed by atoms with van der Waals surface area (Å²) in [6.45, 7) is 5.77. The molecule has 0 aliphatic carbocycles. The number of rotatable bonds is 4. The van der Waals surface area contributed by atoms with Crippen LogP contribution in [0.15, 0.2) is 17.5 Å². The summed E-state index contributed by atoms with van der Waals surface area (Å²) >= 11 is 1.84. The van der Waals surface area contributed by atoms with Gasteiger partial charge in [-0.15, -0.1) is 11.3 Å². The molecule has 78 valence electrons. The van der Waals surface area contributed by atoms with E-state index in [-0.39, 0.29) is 0 Å². The molecule has 0 spiro atoms. The normalized spacial score (nSPS) is 23.9. The third-order valence-electron chi connectivity index (χ3n) is 2.85. The van der Waals surface area contributed by atoms with E-state index < -0.39 is 0 Å². The van der Waals surface area contributed by atoms with Gasteiger partial charge in [0.05, 0.1) is 0 Å². The minimum absolute atomic E-state index is 0.510. The molecule has 2 N–H and O–H groups in total. The lowest BCUT2D eigenvalue weighted by Crippen LogP contribution is -2.26. The fourth-order valence-electron chi connectivity index (χ4n) is 1.87. The van der Waals surface area contributed by atoms with Gasteiger partial charge in [0.1, 0.15) is 0 Å². The minimum atomic E-state index is 0.510. The molecule has 0 amide bonds. The van der Waals surface area contributed by atoms with E-state index in [1.54, 1.807) is 0 Å². The second kappa shape index (κ2) is 4.91. The molecule has 0 unspecified atom stereocenters. The smallest absolute Gasteiger partial charge is 0.0386 e. The van der Waals surface area contributed by atoms with E-state index in [2.05, 4.69) is 35.1 Å². The molecule has 2 atom stereocenters. The van der Waals surface area contributed by atoms with Gasteiger partial charge in [-0.05, 0) is 50.3 Å². The quantitative estimate of drug-likeness (QED) is 0.794. The fraction of sp³-hybridized carbons (Fsp3) is 0.636. The van der Waals surface area contributed by atoms with Crippen molar-refractivity contribution in [1.82, 2.24) is 10.6 Å². The Hall–Kier alpha value is -0.380. The van der Waals surface area contributed by atoms with Crippen LogP contribution >= 0.6 is 11.3 Å². The van der Waals surface area contributed by atoms with Crippen molar-refractivity contribution < 1.29 is 0 Å². The Morgan fingerprint density at radius 1 is 1.71 bits per heavy atom. The predicted molar refractivity (Wildman–Crippen MR) is 61.7 cm³/mol. The first kappa shape index (κ1) is 10.1. The maximum atomic E-state index is 3.60. The number of hydrogen-bond acceptors (Lipinski definition) is 3. The number of nitrogens with one attached hydrogen (secondary N) is 2. The molecular weight excluding hydrogens is 192 g/mol. The van der Waals surface area contributed by atoms with E-state index in [1.807, 2.05) is 11.3 Å². The SMILES string of the molecule is C[C@H](NC[C@H]1CCNC1)c1cccs1. The molecule has 2 heterocycles. The van der Waals surface area contributed by atoms with E-state index in [0.717, 1.165) is 12.5 Å². The van der Waals surface area contributed by atoms with Crippen LogP contribution in [0.25, 0.3) is 0 Å². The van der Waals surface area contributed by atoms with Gasteiger partial charge in [-0.2, -0.15) is 0 Å². The largest absolute Gasteiger partial charge is 0.316 e. The predicted octanol–water partition coefficient (Wildman–Crippen LogP) is 2.01. The van der Waals surface area contributed by atoms with Crippen LogP contribution in [-0.2, 0) is 0 Å². The second-order valence-corrected chi connectivity index (χ2v) is 4.98. The summed E-state index contributed by atoms with van der Waals surface area (Å²) in [5.41, 5.74) is 0. The molecule has 1 aromatic rings. The lowest BCUT2D eigenvalue weighted by Gasteiger charge is -2.15. The third kappa shape index (κ3) is 2.56. The average molecular weight is 210 g/mol. The van der Waals surface area contributed by atoms with Crippen molar-refractivity contribution in [2.24, 2.45) is 5.92 Å². The summed E-state index contributed by atoms with van der Waals surface area (Å²) < 4.78 is 0. The molecule has 0 aromatic carbocycles. The number of hydrogen-bond donors (Lipinski definition) is 2. The summed E-state index contributed by atoms with van der Waals surface area (Å²) in [4.78, 5) is 1.44. The van der Waals surface area contributed by atoms with Crippen LogP contribution in [0.3, 0.4) is 0 Å². The Balaban J connectivity index is 1.74. The summed E-state index contributed by atoms with van der Waals surface area (Å²) in [7, 11) is 0. The van der Waals surface area contributed by atoms with Gasteiger partial charge >= 0.3 is 0 Å². The highest BCUT2D eigenvalue weighted by Crippen LogP contribution is 2.18. The van der Waals surface area contributed by atoms with Gasteiger partial charge in [-0.3, -0.25) is 0 Å². The Morgan fingerprint density at radius 2 is 2.64 bits per heavy atom. The van der Waals surface area contributed by atoms with E-state index in [1.165, 1.54) is 24.4 Å². The van der Waals surface area contributed by atoms with Crippen molar-refractivity contribution in [3.8, 4) is 0 Å². The van der Waals surface area contributed by atoms with Crippen molar-refractivity contribution in [1.29, 1.82) is 0 Å². The molecule has 14 heavy (non-hydrogen) atoms. The molecule has 0 saturated carbocycles. The van der Waals surface area contributed by atoms with Gasteiger partial charge in [0.25, 0.3) is 0 Å². The van der Waals surface area contributed by atoms with Crippen molar-refractivity contribution in [2.75, 3.05) is 19.6 Å². The first-order valence-corrected chi connectivity index (χ1v) is 6.21. The van der Waals surface area contributed by atoms with Crippen LogP contribution in [0.2, 0.25) is 0 Å².